The Hall–Kier alpha value is -0.910. The molecular formula is C10H19NO4S. The highest BCUT2D eigenvalue weighted by atomic mass is 32.2. The normalized spacial score (nSPS) is 14.5. The number of nitrogens with one attached hydrogen (secondary N) is 1. The summed E-state index contributed by atoms with van der Waals surface area (Å²) in [6.45, 7) is 5.79. The lowest BCUT2D eigenvalue weighted by atomic mass is 10.1. The minimum atomic E-state index is -1.66. The molecule has 0 heterocycles. The Morgan fingerprint density at radius 2 is 1.94 bits per heavy atom. The number of hydrogen-bond acceptors (Lipinski definition) is 3. The molecule has 2 N–H and O–H groups in total. The van der Waals surface area contributed by atoms with Crippen LogP contribution in [0.5, 0.6) is 0 Å². The van der Waals surface area contributed by atoms with Gasteiger partial charge in [0, 0.05) is 17.3 Å². The molecule has 0 aromatic rings. The molecule has 0 radical (unpaired) electrons. The molecule has 94 valence electrons. The summed E-state index contributed by atoms with van der Waals surface area (Å²) in [5.41, 5.74) is 0. The molecule has 0 saturated carbocycles. The van der Waals surface area contributed by atoms with Crippen molar-refractivity contribution in [3.05, 3.63) is 0 Å². The number of rotatable bonds is 7. The summed E-state index contributed by atoms with van der Waals surface area (Å²) in [6.07, 6.45) is 0.797. The van der Waals surface area contributed by atoms with Crippen molar-refractivity contribution in [2.45, 2.75) is 32.4 Å². The zero-order valence-electron chi connectivity index (χ0n) is 9.86. The molecule has 0 bridgehead atoms. The molecule has 6 heteroatoms. The molecular weight excluding hydrogens is 230 g/mol. The van der Waals surface area contributed by atoms with E-state index >= 15 is 0 Å². The molecule has 0 aromatic carbocycles. The summed E-state index contributed by atoms with van der Waals surface area (Å²) < 4.78 is 11.7. The molecule has 0 saturated heterocycles. The lowest BCUT2D eigenvalue weighted by Crippen LogP contribution is -2.37. The zero-order valence-corrected chi connectivity index (χ0v) is 10.7. The standard InChI is InChI=1S/C10H19NO4S/c1-4-5-11-8(12)6-16(15)9(7(2)3)10(13)14/h7,9H,4-6H2,1-3H3,(H,11,12)(H,13,14). The van der Waals surface area contributed by atoms with E-state index in [0.717, 1.165) is 6.42 Å². The maximum atomic E-state index is 11.7. The van der Waals surface area contributed by atoms with Crippen LogP contribution < -0.4 is 5.32 Å². The van der Waals surface area contributed by atoms with E-state index in [2.05, 4.69) is 5.32 Å². The first kappa shape index (κ1) is 15.1. The molecule has 0 spiro atoms. The Bertz CT molecular complexity index is 278. The predicted octanol–water partition coefficient (Wildman–Crippen LogP) is 0.370. The van der Waals surface area contributed by atoms with Gasteiger partial charge in [0.05, 0.1) is 0 Å². The van der Waals surface area contributed by atoms with E-state index in [1.807, 2.05) is 6.92 Å². The van der Waals surface area contributed by atoms with Gasteiger partial charge in [0.25, 0.3) is 0 Å². The van der Waals surface area contributed by atoms with Crippen LogP contribution in [0, 0.1) is 5.92 Å². The maximum absolute atomic E-state index is 11.7. The number of hydrogen-bond donors (Lipinski definition) is 2. The van der Waals surface area contributed by atoms with Crippen molar-refractivity contribution in [3.8, 4) is 0 Å². The minimum absolute atomic E-state index is 0.241. The van der Waals surface area contributed by atoms with Crippen LogP contribution in [-0.2, 0) is 20.4 Å². The van der Waals surface area contributed by atoms with E-state index < -0.39 is 22.0 Å². The number of carbonyl (C=O) groups excluding carboxylic acids is 1. The van der Waals surface area contributed by atoms with Gasteiger partial charge in [0.2, 0.25) is 5.91 Å². The van der Waals surface area contributed by atoms with E-state index in [9.17, 15) is 13.8 Å². The van der Waals surface area contributed by atoms with Crippen molar-refractivity contribution < 1.29 is 18.9 Å². The molecule has 2 atom stereocenters. The third-order valence-electron chi connectivity index (χ3n) is 1.98. The largest absolute Gasteiger partial charge is 0.480 e. The van der Waals surface area contributed by atoms with Gasteiger partial charge < -0.3 is 10.4 Å². The predicted molar refractivity (Wildman–Crippen MR) is 62.6 cm³/mol. The van der Waals surface area contributed by atoms with Crippen LogP contribution in [0.25, 0.3) is 0 Å². The average Bonchev–Trinajstić information content (AvgIpc) is 2.13. The highest BCUT2D eigenvalue weighted by molar-refractivity contribution is 7.87. The van der Waals surface area contributed by atoms with Gasteiger partial charge in [0.1, 0.15) is 11.0 Å². The highest BCUT2D eigenvalue weighted by Crippen LogP contribution is 2.10. The van der Waals surface area contributed by atoms with Crippen LogP contribution in [0.15, 0.2) is 0 Å². The maximum Gasteiger partial charge on any atom is 0.319 e. The zero-order chi connectivity index (χ0) is 12.7. The lowest BCUT2D eigenvalue weighted by molar-refractivity contribution is -0.137. The minimum Gasteiger partial charge on any atom is -0.480 e. The van der Waals surface area contributed by atoms with Crippen molar-refractivity contribution in [1.82, 2.24) is 5.32 Å². The number of amides is 1. The molecule has 0 fully saturated rings. The monoisotopic (exact) mass is 249 g/mol. The van der Waals surface area contributed by atoms with Gasteiger partial charge in [-0.25, -0.2) is 0 Å². The van der Waals surface area contributed by atoms with E-state index in [-0.39, 0.29) is 17.6 Å². The van der Waals surface area contributed by atoms with Crippen molar-refractivity contribution >= 4 is 22.7 Å². The van der Waals surface area contributed by atoms with Crippen LogP contribution in [0.4, 0.5) is 0 Å². The van der Waals surface area contributed by atoms with Gasteiger partial charge in [0.15, 0.2) is 0 Å². The third kappa shape index (κ3) is 5.25. The van der Waals surface area contributed by atoms with E-state index in [1.54, 1.807) is 13.8 Å². The number of carboxylic acids is 1. The highest BCUT2D eigenvalue weighted by Gasteiger charge is 2.29. The summed E-state index contributed by atoms with van der Waals surface area (Å²) in [5, 5.41) is 10.5. The smallest absolute Gasteiger partial charge is 0.319 e. The Labute approximate surface area is 98.1 Å². The fraction of sp³-hybridized carbons (Fsp3) is 0.800. The number of carbonyl (C=O) groups is 2. The second kappa shape index (κ2) is 7.38. The van der Waals surface area contributed by atoms with Crippen molar-refractivity contribution in [3.63, 3.8) is 0 Å². The van der Waals surface area contributed by atoms with Gasteiger partial charge in [-0.15, -0.1) is 0 Å². The molecule has 16 heavy (non-hydrogen) atoms. The quantitative estimate of drug-likeness (QED) is 0.683. The van der Waals surface area contributed by atoms with Crippen molar-refractivity contribution in [1.29, 1.82) is 0 Å². The SMILES string of the molecule is CCCNC(=O)CS(=O)C(C(=O)O)C(C)C. The summed E-state index contributed by atoms with van der Waals surface area (Å²) in [7, 11) is -1.66. The Morgan fingerprint density at radius 3 is 2.31 bits per heavy atom. The van der Waals surface area contributed by atoms with Gasteiger partial charge in [-0.05, 0) is 12.3 Å². The lowest BCUT2D eigenvalue weighted by Gasteiger charge is -2.15. The average molecular weight is 249 g/mol. The first-order valence-corrected chi connectivity index (χ1v) is 6.65. The summed E-state index contributed by atoms with van der Waals surface area (Å²) in [4.78, 5) is 22.1. The van der Waals surface area contributed by atoms with Gasteiger partial charge in [-0.2, -0.15) is 0 Å². The van der Waals surface area contributed by atoms with Crippen LogP contribution in [0.3, 0.4) is 0 Å². The van der Waals surface area contributed by atoms with Crippen LogP contribution >= 0.6 is 0 Å². The molecule has 0 aromatic heterocycles. The first-order chi connectivity index (χ1) is 7.40. The van der Waals surface area contributed by atoms with E-state index in [1.165, 1.54) is 0 Å². The van der Waals surface area contributed by atoms with Crippen LogP contribution in [-0.4, -0.2) is 38.7 Å². The molecule has 0 aliphatic rings. The van der Waals surface area contributed by atoms with Crippen molar-refractivity contribution in [2.24, 2.45) is 5.92 Å². The molecule has 2 unspecified atom stereocenters. The Morgan fingerprint density at radius 1 is 1.38 bits per heavy atom. The van der Waals surface area contributed by atoms with E-state index in [0.29, 0.717) is 6.54 Å². The molecule has 0 aliphatic carbocycles. The fourth-order valence-corrected chi connectivity index (χ4v) is 2.61. The molecule has 0 aliphatic heterocycles. The second-order valence-corrected chi connectivity index (χ2v) is 5.44. The van der Waals surface area contributed by atoms with Crippen LogP contribution in [0.1, 0.15) is 27.2 Å². The summed E-state index contributed by atoms with van der Waals surface area (Å²) in [6, 6.07) is 0. The second-order valence-electron chi connectivity index (χ2n) is 3.88. The molecule has 1 amide bonds. The van der Waals surface area contributed by atoms with Gasteiger partial charge in [-0.1, -0.05) is 20.8 Å². The fourth-order valence-electron chi connectivity index (χ4n) is 1.24. The molecule has 5 nitrogen and oxygen atoms in total. The van der Waals surface area contributed by atoms with Gasteiger partial charge in [-0.3, -0.25) is 13.8 Å². The number of aliphatic carboxylic acids is 1. The Kier molecular flexibility index (Phi) is 6.96. The van der Waals surface area contributed by atoms with Gasteiger partial charge >= 0.3 is 5.97 Å². The molecule has 0 rings (SSSR count). The summed E-state index contributed by atoms with van der Waals surface area (Å²) in [5.74, 6) is -1.96. The van der Waals surface area contributed by atoms with Crippen LogP contribution in [0.2, 0.25) is 0 Å². The summed E-state index contributed by atoms with van der Waals surface area (Å²) >= 11 is 0. The van der Waals surface area contributed by atoms with E-state index in [4.69, 9.17) is 5.11 Å². The first-order valence-electron chi connectivity index (χ1n) is 5.26. The third-order valence-corrected chi connectivity index (χ3v) is 3.84. The topological polar surface area (TPSA) is 83.5 Å². The number of carboxylic acid groups (broad SMARTS) is 1. The Balaban J connectivity index is 4.31. The van der Waals surface area contributed by atoms with Crippen molar-refractivity contribution in [2.75, 3.05) is 12.3 Å².